The van der Waals surface area contributed by atoms with Crippen LogP contribution in [0.25, 0.3) is 10.1 Å². The van der Waals surface area contributed by atoms with Gasteiger partial charge in [-0.25, -0.2) is 0 Å². The SMILES string of the molecule is O=C(NCc1cc2ccccc2s1)c1ccc(CN2CCSCC2)[nH]c1=O. The van der Waals surface area contributed by atoms with Crippen LogP contribution in [0.3, 0.4) is 0 Å². The molecule has 0 bridgehead atoms. The van der Waals surface area contributed by atoms with Gasteiger partial charge in [-0.1, -0.05) is 18.2 Å². The van der Waals surface area contributed by atoms with Crippen LogP contribution in [0.15, 0.2) is 47.3 Å². The fourth-order valence-corrected chi connectivity index (χ4v) is 5.16. The third-order valence-corrected chi connectivity index (χ3v) is 6.67. The fraction of sp³-hybridized carbons (Fsp3) is 0.300. The van der Waals surface area contributed by atoms with E-state index in [2.05, 4.69) is 33.4 Å². The lowest BCUT2D eigenvalue weighted by molar-refractivity contribution is 0.0949. The summed E-state index contributed by atoms with van der Waals surface area (Å²) in [5.74, 6) is 1.92. The second-order valence-electron chi connectivity index (χ2n) is 6.55. The van der Waals surface area contributed by atoms with Crippen molar-refractivity contribution in [2.45, 2.75) is 13.1 Å². The maximum Gasteiger partial charge on any atom is 0.261 e. The standard InChI is InChI=1S/C20H21N3O2S2/c24-19(21-12-16-11-14-3-1-2-4-18(14)27-16)17-6-5-15(22-20(17)25)13-23-7-9-26-10-8-23/h1-6,11H,7-10,12-13H2,(H,21,24)(H,22,25). The predicted molar refractivity (Wildman–Crippen MR) is 113 cm³/mol. The number of aromatic amines is 1. The summed E-state index contributed by atoms with van der Waals surface area (Å²) >= 11 is 3.61. The Bertz CT molecular complexity index is 973. The largest absolute Gasteiger partial charge is 0.347 e. The monoisotopic (exact) mass is 399 g/mol. The smallest absolute Gasteiger partial charge is 0.261 e. The highest BCUT2D eigenvalue weighted by Gasteiger charge is 2.14. The lowest BCUT2D eigenvalue weighted by Crippen LogP contribution is -2.34. The van der Waals surface area contributed by atoms with Crippen molar-refractivity contribution in [2.75, 3.05) is 24.6 Å². The van der Waals surface area contributed by atoms with Gasteiger partial charge in [0, 0.05) is 46.4 Å². The molecule has 1 aromatic carbocycles. The van der Waals surface area contributed by atoms with Crippen LogP contribution in [0, 0.1) is 0 Å². The molecule has 5 nitrogen and oxygen atoms in total. The summed E-state index contributed by atoms with van der Waals surface area (Å²) in [6.45, 7) is 3.21. The first-order valence-electron chi connectivity index (χ1n) is 8.97. The van der Waals surface area contributed by atoms with Crippen LogP contribution in [0.5, 0.6) is 0 Å². The Morgan fingerprint density at radius 2 is 1.96 bits per heavy atom. The van der Waals surface area contributed by atoms with Crippen molar-refractivity contribution < 1.29 is 4.79 Å². The third-order valence-electron chi connectivity index (χ3n) is 4.61. The van der Waals surface area contributed by atoms with Crippen LogP contribution >= 0.6 is 23.1 Å². The second-order valence-corrected chi connectivity index (χ2v) is 8.94. The maximum absolute atomic E-state index is 12.4. The number of fused-ring (bicyclic) bond motifs is 1. The second kappa shape index (κ2) is 8.29. The van der Waals surface area contributed by atoms with Crippen LogP contribution in [0.1, 0.15) is 20.9 Å². The van der Waals surface area contributed by atoms with Crippen molar-refractivity contribution in [2.24, 2.45) is 0 Å². The minimum atomic E-state index is -0.338. The number of carbonyl (C=O) groups excluding carboxylic acids is 1. The molecule has 27 heavy (non-hydrogen) atoms. The van der Waals surface area contributed by atoms with E-state index in [-0.39, 0.29) is 17.0 Å². The van der Waals surface area contributed by atoms with Gasteiger partial charge >= 0.3 is 0 Å². The van der Waals surface area contributed by atoms with Gasteiger partial charge in [0.15, 0.2) is 0 Å². The molecule has 1 aliphatic rings. The topological polar surface area (TPSA) is 65.2 Å². The summed E-state index contributed by atoms with van der Waals surface area (Å²) in [7, 11) is 0. The maximum atomic E-state index is 12.4. The summed E-state index contributed by atoms with van der Waals surface area (Å²) in [4.78, 5) is 31.0. The van der Waals surface area contributed by atoms with Crippen LogP contribution < -0.4 is 10.9 Å². The van der Waals surface area contributed by atoms with Crippen LogP contribution in [0.2, 0.25) is 0 Å². The molecule has 2 aromatic heterocycles. The molecule has 4 rings (SSSR count). The summed E-state index contributed by atoms with van der Waals surface area (Å²) < 4.78 is 1.19. The minimum absolute atomic E-state index is 0.161. The fourth-order valence-electron chi connectivity index (χ4n) is 3.17. The zero-order valence-corrected chi connectivity index (χ0v) is 16.5. The van der Waals surface area contributed by atoms with E-state index in [0.29, 0.717) is 6.54 Å². The van der Waals surface area contributed by atoms with Gasteiger partial charge < -0.3 is 10.3 Å². The molecule has 140 valence electrons. The normalized spacial score (nSPS) is 15.1. The number of thiophene rings is 1. The minimum Gasteiger partial charge on any atom is -0.347 e. The van der Waals surface area contributed by atoms with E-state index in [1.807, 2.05) is 30.0 Å². The molecule has 3 heterocycles. The molecule has 0 aliphatic carbocycles. The summed E-state index contributed by atoms with van der Waals surface area (Å²) in [6, 6.07) is 13.7. The molecule has 2 N–H and O–H groups in total. The molecule has 1 amide bonds. The lowest BCUT2D eigenvalue weighted by atomic mass is 10.2. The molecule has 3 aromatic rings. The number of nitrogens with zero attached hydrogens (tertiary/aromatic N) is 1. The number of H-pyrrole nitrogens is 1. The Hall–Kier alpha value is -2.09. The molecule has 0 radical (unpaired) electrons. The van der Waals surface area contributed by atoms with Crippen LogP contribution in [0.4, 0.5) is 0 Å². The molecule has 1 fully saturated rings. The number of pyridine rings is 1. The van der Waals surface area contributed by atoms with Crippen molar-refractivity contribution in [3.05, 3.63) is 69.0 Å². The Kier molecular flexibility index (Phi) is 5.61. The molecule has 1 saturated heterocycles. The van der Waals surface area contributed by atoms with E-state index in [0.717, 1.165) is 41.7 Å². The van der Waals surface area contributed by atoms with Gasteiger partial charge in [-0.2, -0.15) is 11.8 Å². The number of thioether (sulfide) groups is 1. The number of amides is 1. The zero-order valence-electron chi connectivity index (χ0n) is 14.9. The third kappa shape index (κ3) is 4.43. The highest BCUT2D eigenvalue weighted by molar-refractivity contribution is 7.99. The number of benzene rings is 1. The Balaban J connectivity index is 1.39. The number of hydrogen-bond donors (Lipinski definition) is 2. The van der Waals surface area contributed by atoms with E-state index in [1.54, 1.807) is 17.4 Å². The molecule has 0 atom stereocenters. The molecule has 0 spiro atoms. The van der Waals surface area contributed by atoms with Gasteiger partial charge in [0.2, 0.25) is 0 Å². The quantitative estimate of drug-likeness (QED) is 0.692. The summed E-state index contributed by atoms with van der Waals surface area (Å²) in [6.07, 6.45) is 0. The molecule has 1 aliphatic heterocycles. The molecule has 7 heteroatoms. The molecular formula is C20H21N3O2S2. The van der Waals surface area contributed by atoms with Gasteiger partial charge in [0.25, 0.3) is 11.5 Å². The zero-order chi connectivity index (χ0) is 18.6. The average molecular weight is 400 g/mol. The van der Waals surface area contributed by atoms with Crippen molar-refractivity contribution >= 4 is 39.1 Å². The van der Waals surface area contributed by atoms with Gasteiger partial charge in [-0.05, 0) is 29.7 Å². The highest BCUT2D eigenvalue weighted by Crippen LogP contribution is 2.25. The van der Waals surface area contributed by atoms with Gasteiger partial charge in [-0.3, -0.25) is 14.5 Å². The van der Waals surface area contributed by atoms with E-state index in [1.165, 1.54) is 10.1 Å². The first kappa shape index (κ1) is 18.3. The van der Waals surface area contributed by atoms with Crippen LogP contribution in [-0.2, 0) is 13.1 Å². The summed E-state index contributed by atoms with van der Waals surface area (Å²) in [5, 5.41) is 4.03. The van der Waals surface area contributed by atoms with E-state index in [9.17, 15) is 9.59 Å². The van der Waals surface area contributed by atoms with Crippen LogP contribution in [-0.4, -0.2) is 40.4 Å². The average Bonchev–Trinajstić information content (AvgIpc) is 3.10. The molecule has 0 unspecified atom stereocenters. The lowest BCUT2D eigenvalue weighted by Gasteiger charge is -2.25. The van der Waals surface area contributed by atoms with Gasteiger partial charge in [-0.15, -0.1) is 11.3 Å². The number of aromatic nitrogens is 1. The van der Waals surface area contributed by atoms with E-state index >= 15 is 0 Å². The predicted octanol–water partition coefficient (Wildman–Crippen LogP) is 3.07. The number of nitrogens with one attached hydrogen (secondary N) is 2. The first-order chi connectivity index (χ1) is 13.2. The van der Waals surface area contributed by atoms with E-state index < -0.39 is 0 Å². The molecular weight excluding hydrogens is 378 g/mol. The Morgan fingerprint density at radius 3 is 2.74 bits per heavy atom. The Morgan fingerprint density at radius 1 is 1.15 bits per heavy atom. The number of hydrogen-bond acceptors (Lipinski definition) is 5. The molecule has 0 saturated carbocycles. The number of rotatable bonds is 5. The van der Waals surface area contributed by atoms with Gasteiger partial charge in [0.05, 0.1) is 6.54 Å². The Labute approximate surface area is 165 Å². The van der Waals surface area contributed by atoms with E-state index in [4.69, 9.17) is 0 Å². The van der Waals surface area contributed by atoms with Gasteiger partial charge in [0.1, 0.15) is 5.56 Å². The van der Waals surface area contributed by atoms with Crippen molar-refractivity contribution in [3.8, 4) is 0 Å². The highest BCUT2D eigenvalue weighted by atomic mass is 32.2. The van der Waals surface area contributed by atoms with Crippen molar-refractivity contribution in [1.82, 2.24) is 15.2 Å². The number of carbonyl (C=O) groups is 1. The van der Waals surface area contributed by atoms with Crippen molar-refractivity contribution in [1.29, 1.82) is 0 Å². The first-order valence-corrected chi connectivity index (χ1v) is 10.9. The van der Waals surface area contributed by atoms with Crippen molar-refractivity contribution in [3.63, 3.8) is 0 Å². The summed E-state index contributed by atoms with van der Waals surface area (Å²) in [5.41, 5.74) is 0.690.